The van der Waals surface area contributed by atoms with Crippen LogP contribution in [-0.4, -0.2) is 0 Å². The fourth-order valence-electron chi connectivity index (χ4n) is 3.60. The van der Waals surface area contributed by atoms with Crippen LogP contribution in [0.2, 0.25) is 0 Å². The number of hydrogen-bond acceptors (Lipinski definition) is 0. The molecule has 0 aliphatic heterocycles. The van der Waals surface area contributed by atoms with Gasteiger partial charge in [0.05, 0.1) is 0 Å². The molecule has 1 aliphatic rings. The minimum atomic E-state index is 0. The summed E-state index contributed by atoms with van der Waals surface area (Å²) in [6.45, 7) is 17.6. The molecule has 1 aliphatic carbocycles. The Labute approximate surface area is 214 Å². The molecule has 1 unspecified atom stereocenters. The molecule has 0 bridgehead atoms. The van der Waals surface area contributed by atoms with E-state index in [2.05, 4.69) is 104 Å². The molecular weight excluding hydrogens is 486 g/mol. The van der Waals surface area contributed by atoms with Crippen LogP contribution >= 0.6 is 0 Å². The predicted octanol–water partition coefficient (Wildman–Crippen LogP) is 1.92. The van der Waals surface area contributed by atoms with Gasteiger partial charge in [0, 0.05) is 0 Å². The number of allylic oxidation sites excluding steroid dienone is 4. The Bertz CT molecular complexity index is 1000. The molecule has 3 aromatic rings. The van der Waals surface area contributed by atoms with Crippen molar-refractivity contribution in [2.75, 3.05) is 0 Å². The van der Waals surface area contributed by atoms with Gasteiger partial charge in [-0.15, -0.1) is 39.7 Å². The number of aryl methyl sites for hydroxylation is 4. The summed E-state index contributed by atoms with van der Waals surface area (Å²) in [5, 5.41) is 5.53. The van der Waals surface area contributed by atoms with Gasteiger partial charge in [0.1, 0.15) is 0 Å². The third-order valence-corrected chi connectivity index (χ3v) is 5.73. The van der Waals surface area contributed by atoms with E-state index in [1.807, 2.05) is 0 Å². The predicted molar refractivity (Wildman–Crippen MR) is 121 cm³/mol. The molecule has 30 heavy (non-hydrogen) atoms. The summed E-state index contributed by atoms with van der Waals surface area (Å²) in [5.74, 6) is 0.522. The van der Waals surface area contributed by atoms with E-state index in [1.165, 1.54) is 49.4 Å². The van der Waals surface area contributed by atoms with E-state index in [4.69, 9.17) is 0 Å². The zero-order valence-electron chi connectivity index (χ0n) is 19.4. The van der Waals surface area contributed by atoms with Gasteiger partial charge >= 0.3 is 26.2 Å². The summed E-state index contributed by atoms with van der Waals surface area (Å²) in [5.41, 5.74) is 7.23. The van der Waals surface area contributed by atoms with Crippen LogP contribution in [0.25, 0.3) is 21.5 Å². The maximum absolute atomic E-state index is 3.26. The molecule has 0 nitrogen and oxygen atoms in total. The number of fused-ring (bicyclic) bond motifs is 3. The molecule has 0 aromatic heterocycles. The molecule has 0 fully saturated rings. The van der Waals surface area contributed by atoms with Crippen molar-refractivity contribution in [1.29, 1.82) is 0 Å². The number of rotatable bonds is 0. The molecule has 0 amide bonds. The van der Waals surface area contributed by atoms with Gasteiger partial charge in [-0.05, 0) is 27.7 Å². The van der Waals surface area contributed by atoms with E-state index in [9.17, 15) is 0 Å². The van der Waals surface area contributed by atoms with Gasteiger partial charge in [-0.25, -0.2) is 6.08 Å². The Kier molecular flexibility index (Phi) is 10.9. The molecule has 0 heterocycles. The average Bonchev–Trinajstić information content (AvgIpc) is 3.13. The van der Waals surface area contributed by atoms with Crippen LogP contribution in [0.15, 0.2) is 48.1 Å². The summed E-state index contributed by atoms with van der Waals surface area (Å²) >= 11 is 0. The van der Waals surface area contributed by atoms with Crippen molar-refractivity contribution in [3.8, 4) is 0 Å². The Balaban J connectivity index is 0.000000569. The molecule has 3 aromatic carbocycles. The van der Waals surface area contributed by atoms with Crippen molar-refractivity contribution in [3.63, 3.8) is 0 Å². The monoisotopic (exact) mass is 516 g/mol. The average molecular weight is 519 g/mol. The van der Waals surface area contributed by atoms with E-state index in [1.54, 1.807) is 0 Å². The first-order chi connectivity index (χ1) is 12.6. The van der Waals surface area contributed by atoms with Gasteiger partial charge in [-0.3, -0.25) is 6.08 Å². The Hall–Kier alpha value is -0.747. The normalized spacial score (nSPS) is 14.9. The fourth-order valence-corrected chi connectivity index (χ4v) is 3.60. The summed E-state index contributed by atoms with van der Waals surface area (Å²) in [6, 6.07) is 11.6. The van der Waals surface area contributed by atoms with Gasteiger partial charge in [-0.2, -0.15) is 11.6 Å². The minimum absolute atomic E-state index is 0. The van der Waals surface area contributed by atoms with Crippen LogP contribution in [-0.2, 0) is 26.2 Å². The van der Waals surface area contributed by atoms with Gasteiger partial charge < -0.3 is 24.8 Å². The summed E-state index contributed by atoms with van der Waals surface area (Å²) < 4.78 is 0. The molecule has 158 valence electrons. The maximum atomic E-state index is 3.26. The van der Waals surface area contributed by atoms with Gasteiger partial charge in [-0.1, -0.05) is 73.4 Å². The topological polar surface area (TPSA) is 0 Å². The van der Waals surface area contributed by atoms with Gasteiger partial charge in [0.25, 0.3) is 0 Å². The largest absolute Gasteiger partial charge is 4.00 e. The van der Waals surface area contributed by atoms with Crippen LogP contribution in [0, 0.1) is 45.1 Å². The summed E-state index contributed by atoms with van der Waals surface area (Å²) in [6.07, 6.45) is 7.65. The standard InChI is InChI=1S/C17H17.C10H15.2ClH.Zr/c1-10-5-14-9-15-6-11(2)13(4)8-17(15)16(14)7-12(10)3;1-8-5-6-9(7-8)10(2,3)4;;;/h5-9H,1-4H3;6-8H,1-4H3;2*1H;/q2*-1;;;+4/p-2. The first-order valence-electron chi connectivity index (χ1n) is 9.95. The van der Waals surface area contributed by atoms with Crippen molar-refractivity contribution < 1.29 is 51.0 Å². The number of benzene rings is 2. The third-order valence-electron chi connectivity index (χ3n) is 5.73. The Morgan fingerprint density at radius 1 is 0.767 bits per heavy atom. The van der Waals surface area contributed by atoms with E-state index in [-0.39, 0.29) is 51.0 Å². The molecule has 0 N–H and O–H groups in total. The van der Waals surface area contributed by atoms with Crippen molar-refractivity contribution in [1.82, 2.24) is 0 Å². The zero-order valence-corrected chi connectivity index (χ0v) is 23.3. The van der Waals surface area contributed by atoms with Crippen LogP contribution in [0.4, 0.5) is 0 Å². The second kappa shape index (κ2) is 11.2. The quantitative estimate of drug-likeness (QED) is 0.399. The number of hydrogen-bond donors (Lipinski definition) is 0. The fraction of sp³-hybridized carbons (Fsp3) is 0.370. The maximum Gasteiger partial charge on any atom is 4.00 e. The van der Waals surface area contributed by atoms with Gasteiger partial charge in [0.15, 0.2) is 0 Å². The second-order valence-corrected chi connectivity index (χ2v) is 9.16. The summed E-state index contributed by atoms with van der Waals surface area (Å²) in [4.78, 5) is 0. The van der Waals surface area contributed by atoms with Crippen molar-refractivity contribution >= 4 is 21.5 Å². The van der Waals surface area contributed by atoms with E-state index >= 15 is 0 Å². The van der Waals surface area contributed by atoms with Crippen molar-refractivity contribution in [3.05, 3.63) is 76.4 Å². The smallest absolute Gasteiger partial charge is 1.00 e. The van der Waals surface area contributed by atoms with Gasteiger partial charge in [0.2, 0.25) is 0 Å². The van der Waals surface area contributed by atoms with Crippen molar-refractivity contribution in [2.24, 2.45) is 11.3 Å². The molecule has 3 heteroatoms. The first kappa shape index (κ1) is 29.3. The molecular formula is C27H32Cl2Zr. The SMILES string of the molecule is CC1[C-]=CC(C(C)(C)C)=C1.Cc1cc2[cH-]c3cc(C)c(C)cc3c2cc1C.[Cl-].[Cl-].[Zr+4]. The minimum Gasteiger partial charge on any atom is -1.00 e. The van der Waals surface area contributed by atoms with Crippen molar-refractivity contribution in [2.45, 2.75) is 55.4 Å². The Morgan fingerprint density at radius 3 is 1.47 bits per heavy atom. The Morgan fingerprint density at radius 2 is 1.17 bits per heavy atom. The molecule has 4 rings (SSSR count). The molecule has 1 atom stereocenters. The second-order valence-electron chi connectivity index (χ2n) is 9.16. The third kappa shape index (κ3) is 6.38. The molecule has 0 spiro atoms. The van der Waals surface area contributed by atoms with Crippen LogP contribution < -0.4 is 24.8 Å². The molecule has 0 saturated carbocycles. The van der Waals surface area contributed by atoms with E-state index in [0.717, 1.165) is 0 Å². The zero-order chi connectivity index (χ0) is 19.9. The van der Waals surface area contributed by atoms with Crippen LogP contribution in [0.3, 0.4) is 0 Å². The molecule has 0 radical (unpaired) electrons. The number of halogens is 2. The van der Waals surface area contributed by atoms with E-state index < -0.39 is 0 Å². The van der Waals surface area contributed by atoms with Crippen LogP contribution in [0.5, 0.6) is 0 Å². The summed E-state index contributed by atoms with van der Waals surface area (Å²) in [7, 11) is 0. The van der Waals surface area contributed by atoms with Crippen LogP contribution in [0.1, 0.15) is 49.9 Å². The van der Waals surface area contributed by atoms with E-state index in [0.29, 0.717) is 11.3 Å². The first-order valence-corrected chi connectivity index (χ1v) is 9.95. The molecule has 0 saturated heterocycles.